The Labute approximate surface area is 106 Å². The number of nitrogens with one attached hydrogen (secondary N) is 1. The number of aromatic nitrogens is 1. The first-order valence-corrected chi connectivity index (χ1v) is 6.72. The quantitative estimate of drug-likeness (QED) is 0.764. The predicted molar refractivity (Wildman–Crippen MR) is 71.9 cm³/mol. The van der Waals surface area contributed by atoms with Crippen LogP contribution in [0.3, 0.4) is 0 Å². The summed E-state index contributed by atoms with van der Waals surface area (Å²) in [6.07, 6.45) is 1.74. The number of pyridine rings is 1. The maximum Gasteiger partial charge on any atom is 0.266 e. The minimum atomic E-state index is -0.0737. The lowest BCUT2D eigenvalue weighted by Crippen LogP contribution is -2.08. The molecule has 3 aromatic rings. The molecular formula is C12H8N2OS2. The molecule has 1 amide bonds. The van der Waals surface area contributed by atoms with E-state index in [0.717, 1.165) is 15.2 Å². The van der Waals surface area contributed by atoms with Gasteiger partial charge in [0, 0.05) is 11.6 Å². The number of hydrogen-bond donors (Lipinski definition) is 1. The number of carbonyl (C=O) groups is 1. The first-order chi connectivity index (χ1) is 8.33. The van der Waals surface area contributed by atoms with Crippen LogP contribution in [0.15, 0.2) is 41.9 Å². The summed E-state index contributed by atoms with van der Waals surface area (Å²) in [5, 5.41) is 6.66. The first kappa shape index (κ1) is 10.4. The predicted octanol–water partition coefficient (Wildman–Crippen LogP) is 3.61. The van der Waals surface area contributed by atoms with Crippen molar-refractivity contribution in [3.8, 4) is 0 Å². The summed E-state index contributed by atoms with van der Waals surface area (Å²) >= 11 is 2.92. The monoisotopic (exact) mass is 260 g/mol. The molecule has 17 heavy (non-hydrogen) atoms. The molecule has 0 atom stereocenters. The summed E-state index contributed by atoms with van der Waals surface area (Å²) in [6.45, 7) is 0. The van der Waals surface area contributed by atoms with Crippen LogP contribution in [0.4, 0.5) is 5.00 Å². The second-order valence-electron chi connectivity index (χ2n) is 3.44. The van der Waals surface area contributed by atoms with E-state index in [1.165, 1.54) is 22.7 Å². The molecule has 0 radical (unpaired) electrons. The Kier molecular flexibility index (Phi) is 2.62. The van der Waals surface area contributed by atoms with Gasteiger partial charge in [0.25, 0.3) is 5.91 Å². The molecule has 3 nitrogen and oxygen atoms in total. The highest BCUT2D eigenvalue weighted by atomic mass is 32.1. The molecular weight excluding hydrogens is 252 g/mol. The van der Waals surface area contributed by atoms with E-state index in [0.29, 0.717) is 4.88 Å². The van der Waals surface area contributed by atoms with Crippen LogP contribution >= 0.6 is 22.7 Å². The van der Waals surface area contributed by atoms with Crippen LogP contribution in [0.1, 0.15) is 9.67 Å². The SMILES string of the molecule is O=C(Nc1cccs1)c1cc2cccnc2s1. The third kappa shape index (κ3) is 2.07. The van der Waals surface area contributed by atoms with Gasteiger partial charge in [-0.3, -0.25) is 4.79 Å². The number of hydrogen-bond acceptors (Lipinski definition) is 4. The average Bonchev–Trinajstić information content (AvgIpc) is 2.96. The van der Waals surface area contributed by atoms with Crippen molar-refractivity contribution in [2.45, 2.75) is 0 Å². The molecule has 0 saturated heterocycles. The normalized spacial score (nSPS) is 10.6. The summed E-state index contributed by atoms with van der Waals surface area (Å²) in [5.41, 5.74) is 0. The van der Waals surface area contributed by atoms with Gasteiger partial charge in [-0.15, -0.1) is 22.7 Å². The third-order valence-corrected chi connectivity index (χ3v) is 4.12. The summed E-state index contributed by atoms with van der Waals surface area (Å²) < 4.78 is 0. The molecule has 1 N–H and O–H groups in total. The van der Waals surface area contributed by atoms with Crippen LogP contribution in [-0.4, -0.2) is 10.9 Å². The molecule has 0 saturated carbocycles. The molecule has 0 bridgehead atoms. The van der Waals surface area contributed by atoms with E-state index < -0.39 is 0 Å². The maximum atomic E-state index is 12.0. The van der Waals surface area contributed by atoms with Gasteiger partial charge in [-0.25, -0.2) is 4.98 Å². The fourth-order valence-corrected chi connectivity index (χ4v) is 3.02. The molecule has 5 heteroatoms. The van der Waals surface area contributed by atoms with Crippen LogP contribution < -0.4 is 5.32 Å². The number of nitrogens with zero attached hydrogens (tertiary/aromatic N) is 1. The van der Waals surface area contributed by atoms with Gasteiger partial charge in [0.15, 0.2) is 0 Å². The van der Waals surface area contributed by atoms with Crippen molar-refractivity contribution in [2.75, 3.05) is 5.32 Å². The smallest absolute Gasteiger partial charge is 0.266 e. The summed E-state index contributed by atoms with van der Waals surface area (Å²) in [5.74, 6) is -0.0737. The van der Waals surface area contributed by atoms with E-state index in [2.05, 4.69) is 10.3 Å². The van der Waals surface area contributed by atoms with E-state index in [1.807, 2.05) is 35.7 Å². The standard InChI is InChI=1S/C12H8N2OS2/c15-11(14-10-4-2-6-16-10)9-7-8-3-1-5-13-12(8)17-9/h1-7H,(H,14,15). The van der Waals surface area contributed by atoms with E-state index in [9.17, 15) is 4.79 Å². The fourth-order valence-electron chi connectivity index (χ4n) is 1.51. The molecule has 3 aromatic heterocycles. The lowest BCUT2D eigenvalue weighted by Gasteiger charge is -1.97. The van der Waals surface area contributed by atoms with Crippen LogP contribution in [-0.2, 0) is 0 Å². The summed E-state index contributed by atoms with van der Waals surface area (Å²) in [6, 6.07) is 9.49. The van der Waals surface area contributed by atoms with Gasteiger partial charge in [-0.1, -0.05) is 6.07 Å². The number of fused-ring (bicyclic) bond motifs is 1. The van der Waals surface area contributed by atoms with E-state index in [4.69, 9.17) is 0 Å². The first-order valence-electron chi connectivity index (χ1n) is 5.02. The molecule has 0 aliphatic heterocycles. The third-order valence-electron chi connectivity index (χ3n) is 2.28. The zero-order chi connectivity index (χ0) is 11.7. The Morgan fingerprint density at radius 1 is 1.29 bits per heavy atom. The molecule has 0 aromatic carbocycles. The Morgan fingerprint density at radius 2 is 2.24 bits per heavy atom. The van der Waals surface area contributed by atoms with Gasteiger partial charge in [0.05, 0.1) is 9.88 Å². The van der Waals surface area contributed by atoms with Gasteiger partial charge in [0.2, 0.25) is 0 Å². The van der Waals surface area contributed by atoms with Crippen molar-refractivity contribution in [3.05, 3.63) is 46.8 Å². The van der Waals surface area contributed by atoms with Crippen molar-refractivity contribution in [2.24, 2.45) is 0 Å². The van der Waals surface area contributed by atoms with Crippen molar-refractivity contribution in [3.63, 3.8) is 0 Å². The highest BCUT2D eigenvalue weighted by Gasteiger charge is 2.11. The van der Waals surface area contributed by atoms with Gasteiger partial charge in [0.1, 0.15) is 4.83 Å². The van der Waals surface area contributed by atoms with Gasteiger partial charge in [-0.2, -0.15) is 0 Å². The Morgan fingerprint density at radius 3 is 3.00 bits per heavy atom. The van der Waals surface area contributed by atoms with Crippen molar-refractivity contribution in [1.82, 2.24) is 4.98 Å². The number of thiophene rings is 2. The highest BCUT2D eigenvalue weighted by Crippen LogP contribution is 2.24. The van der Waals surface area contributed by atoms with Gasteiger partial charge in [-0.05, 0) is 29.6 Å². The van der Waals surface area contributed by atoms with E-state index in [1.54, 1.807) is 6.20 Å². The molecule has 0 spiro atoms. The number of carbonyl (C=O) groups excluding carboxylic acids is 1. The molecule has 3 heterocycles. The fraction of sp³-hybridized carbons (Fsp3) is 0. The second-order valence-corrected chi connectivity index (χ2v) is 5.42. The Bertz CT molecular complexity index is 625. The maximum absolute atomic E-state index is 12.0. The summed E-state index contributed by atoms with van der Waals surface area (Å²) in [4.78, 5) is 17.8. The minimum Gasteiger partial charge on any atom is -0.313 e. The lowest BCUT2D eigenvalue weighted by molar-refractivity contribution is 0.103. The Balaban J connectivity index is 1.90. The van der Waals surface area contributed by atoms with Gasteiger partial charge >= 0.3 is 0 Å². The lowest BCUT2D eigenvalue weighted by atomic mass is 10.3. The molecule has 0 fully saturated rings. The van der Waals surface area contributed by atoms with Crippen LogP contribution in [0.2, 0.25) is 0 Å². The van der Waals surface area contributed by atoms with Crippen molar-refractivity contribution in [1.29, 1.82) is 0 Å². The van der Waals surface area contributed by atoms with Crippen molar-refractivity contribution < 1.29 is 4.79 Å². The van der Waals surface area contributed by atoms with Crippen molar-refractivity contribution >= 4 is 43.8 Å². The van der Waals surface area contributed by atoms with Gasteiger partial charge < -0.3 is 5.32 Å². The zero-order valence-corrected chi connectivity index (χ0v) is 10.3. The molecule has 0 unspecified atom stereocenters. The van der Waals surface area contributed by atoms with E-state index >= 15 is 0 Å². The number of amides is 1. The summed E-state index contributed by atoms with van der Waals surface area (Å²) in [7, 11) is 0. The molecule has 3 rings (SSSR count). The minimum absolute atomic E-state index is 0.0737. The zero-order valence-electron chi connectivity index (χ0n) is 8.71. The topological polar surface area (TPSA) is 42.0 Å². The molecule has 0 aliphatic rings. The largest absolute Gasteiger partial charge is 0.313 e. The average molecular weight is 260 g/mol. The second kappa shape index (κ2) is 4.27. The number of rotatable bonds is 2. The molecule has 0 aliphatic carbocycles. The Hall–Kier alpha value is -1.72. The molecule has 84 valence electrons. The highest BCUT2D eigenvalue weighted by molar-refractivity contribution is 7.20. The number of anilines is 1. The van der Waals surface area contributed by atoms with Crippen LogP contribution in [0.5, 0.6) is 0 Å². The van der Waals surface area contributed by atoms with E-state index in [-0.39, 0.29) is 5.91 Å². The van der Waals surface area contributed by atoms with Crippen LogP contribution in [0.25, 0.3) is 10.2 Å². The van der Waals surface area contributed by atoms with Crippen LogP contribution in [0, 0.1) is 0 Å².